The minimum Gasteiger partial charge on any atom is -0.355 e. The second kappa shape index (κ2) is 6.92. The predicted octanol–water partition coefficient (Wildman–Crippen LogP) is 3.92. The quantitative estimate of drug-likeness (QED) is 0.722. The van der Waals surface area contributed by atoms with Gasteiger partial charge in [-0.3, -0.25) is 4.99 Å². The van der Waals surface area contributed by atoms with Gasteiger partial charge in [-0.25, -0.2) is 0 Å². The van der Waals surface area contributed by atoms with Crippen LogP contribution in [0.2, 0.25) is 10.0 Å². The number of hydrogen-bond donors (Lipinski definition) is 1. The van der Waals surface area contributed by atoms with Crippen molar-refractivity contribution in [1.29, 1.82) is 0 Å². The van der Waals surface area contributed by atoms with Crippen LogP contribution in [0.1, 0.15) is 24.8 Å². The van der Waals surface area contributed by atoms with Gasteiger partial charge in [0.25, 0.3) is 0 Å². The van der Waals surface area contributed by atoms with E-state index in [2.05, 4.69) is 28.3 Å². The number of guanidine groups is 1. The van der Waals surface area contributed by atoms with Gasteiger partial charge in [-0.05, 0) is 30.5 Å². The van der Waals surface area contributed by atoms with Crippen molar-refractivity contribution >= 4 is 53.1 Å². The topological polar surface area (TPSA) is 27.6 Å². The molecule has 3 nitrogen and oxygen atoms in total. The fourth-order valence-electron chi connectivity index (χ4n) is 3.04. The van der Waals surface area contributed by atoms with E-state index in [9.17, 15) is 0 Å². The summed E-state index contributed by atoms with van der Waals surface area (Å²) < 4.78 is 0. The van der Waals surface area contributed by atoms with Gasteiger partial charge >= 0.3 is 0 Å². The van der Waals surface area contributed by atoms with Gasteiger partial charge in [-0.1, -0.05) is 35.7 Å². The Balaban J connectivity index is 0.00000161. The van der Waals surface area contributed by atoms with Crippen LogP contribution in [0.15, 0.2) is 23.2 Å². The summed E-state index contributed by atoms with van der Waals surface area (Å²) in [5.41, 5.74) is 1.34. The Labute approximate surface area is 153 Å². The van der Waals surface area contributed by atoms with Crippen LogP contribution in [0.4, 0.5) is 0 Å². The zero-order valence-corrected chi connectivity index (χ0v) is 15.9. The van der Waals surface area contributed by atoms with E-state index in [0.29, 0.717) is 5.02 Å². The Hall–Kier alpha value is -0.200. The molecule has 0 atom stereocenters. The number of aliphatic imine (C=N–C) groups is 1. The molecule has 0 amide bonds. The summed E-state index contributed by atoms with van der Waals surface area (Å²) in [5, 5.41) is 4.97. The Morgan fingerprint density at radius 3 is 2.62 bits per heavy atom. The zero-order valence-electron chi connectivity index (χ0n) is 12.0. The third-order valence-corrected chi connectivity index (χ3v) is 5.00. The average Bonchev–Trinajstić information content (AvgIpc) is 2.76. The van der Waals surface area contributed by atoms with Gasteiger partial charge in [0.2, 0.25) is 0 Å². The Bertz CT molecular complexity index is 544. The molecule has 1 aliphatic carbocycles. The van der Waals surface area contributed by atoms with Crippen LogP contribution in [0.25, 0.3) is 0 Å². The highest BCUT2D eigenvalue weighted by Crippen LogP contribution is 2.46. The van der Waals surface area contributed by atoms with Crippen LogP contribution in [-0.2, 0) is 5.41 Å². The van der Waals surface area contributed by atoms with Crippen molar-refractivity contribution in [3.8, 4) is 0 Å². The molecular formula is C15H20Cl2IN3. The van der Waals surface area contributed by atoms with Crippen LogP contribution in [0.3, 0.4) is 0 Å². The standard InChI is InChI=1S/C15H19Cl2N3.HI/c1-20-8-7-18-14(20)19-10-15(5-2-6-15)12-4-3-11(16)9-13(12)17;/h3-4,9H,2,5-8,10H2,1H3,(H,18,19);1H. The highest BCUT2D eigenvalue weighted by atomic mass is 127. The van der Waals surface area contributed by atoms with Gasteiger partial charge in [0.05, 0.1) is 6.54 Å². The second-order valence-corrected chi connectivity index (χ2v) is 6.58. The molecule has 1 aromatic carbocycles. The summed E-state index contributed by atoms with van der Waals surface area (Å²) in [6.07, 6.45) is 3.58. The Kier molecular flexibility index (Phi) is 5.65. The van der Waals surface area contributed by atoms with Crippen LogP contribution in [0, 0.1) is 0 Å². The van der Waals surface area contributed by atoms with Gasteiger partial charge in [0.15, 0.2) is 5.96 Å². The molecule has 0 spiro atoms. The SMILES string of the molecule is CN1CCN=C1NCC1(c2ccc(Cl)cc2Cl)CCC1.I. The second-order valence-electron chi connectivity index (χ2n) is 5.74. The number of likely N-dealkylation sites (N-methyl/N-ethyl adjacent to an activating group) is 1. The van der Waals surface area contributed by atoms with E-state index in [0.717, 1.165) is 30.6 Å². The largest absolute Gasteiger partial charge is 0.355 e. The molecule has 3 rings (SSSR count). The Morgan fingerprint density at radius 2 is 2.10 bits per heavy atom. The van der Waals surface area contributed by atoms with E-state index in [1.54, 1.807) is 0 Å². The van der Waals surface area contributed by atoms with Crippen LogP contribution >= 0.6 is 47.2 Å². The highest BCUT2D eigenvalue weighted by Gasteiger charge is 2.40. The molecule has 0 unspecified atom stereocenters. The Morgan fingerprint density at radius 1 is 1.33 bits per heavy atom. The first kappa shape index (κ1) is 17.2. The van der Waals surface area contributed by atoms with Gasteiger partial charge in [0, 0.05) is 35.6 Å². The summed E-state index contributed by atoms with van der Waals surface area (Å²) in [4.78, 5) is 6.65. The summed E-state index contributed by atoms with van der Waals surface area (Å²) in [6.45, 7) is 2.77. The predicted molar refractivity (Wildman–Crippen MR) is 100 cm³/mol. The molecule has 21 heavy (non-hydrogen) atoms. The monoisotopic (exact) mass is 439 g/mol. The minimum atomic E-state index is 0. The zero-order chi connectivity index (χ0) is 14.2. The molecule has 1 aromatic rings. The first-order chi connectivity index (χ1) is 9.61. The maximum absolute atomic E-state index is 6.40. The van der Waals surface area contributed by atoms with Gasteiger partial charge in [-0.15, -0.1) is 24.0 Å². The molecule has 1 fully saturated rings. The molecule has 0 radical (unpaired) electrons. The molecule has 1 aliphatic heterocycles. The molecule has 116 valence electrons. The lowest BCUT2D eigenvalue weighted by Crippen LogP contribution is -2.48. The van der Waals surface area contributed by atoms with Crippen molar-refractivity contribution in [2.24, 2.45) is 4.99 Å². The van der Waals surface area contributed by atoms with Crippen molar-refractivity contribution in [2.45, 2.75) is 24.7 Å². The number of nitrogens with one attached hydrogen (secondary N) is 1. The van der Waals surface area contributed by atoms with E-state index in [1.807, 2.05) is 12.1 Å². The van der Waals surface area contributed by atoms with Crippen molar-refractivity contribution in [1.82, 2.24) is 10.2 Å². The van der Waals surface area contributed by atoms with Crippen molar-refractivity contribution < 1.29 is 0 Å². The van der Waals surface area contributed by atoms with Crippen LogP contribution in [-0.4, -0.2) is 37.5 Å². The molecule has 1 N–H and O–H groups in total. The molecular weight excluding hydrogens is 420 g/mol. The summed E-state index contributed by atoms with van der Waals surface area (Å²) in [5.74, 6) is 1.00. The summed E-state index contributed by atoms with van der Waals surface area (Å²) >= 11 is 12.4. The van der Waals surface area contributed by atoms with Gasteiger partial charge in [0.1, 0.15) is 0 Å². The molecule has 6 heteroatoms. The van der Waals surface area contributed by atoms with Gasteiger partial charge in [-0.2, -0.15) is 0 Å². The number of hydrogen-bond acceptors (Lipinski definition) is 3. The molecule has 1 saturated carbocycles. The van der Waals surface area contributed by atoms with Crippen molar-refractivity contribution in [3.63, 3.8) is 0 Å². The molecule has 0 bridgehead atoms. The molecule has 0 aromatic heterocycles. The first-order valence-electron chi connectivity index (χ1n) is 7.06. The summed E-state index contributed by atoms with van der Waals surface area (Å²) in [6, 6.07) is 5.85. The maximum Gasteiger partial charge on any atom is 0.193 e. The molecule has 1 heterocycles. The fraction of sp³-hybridized carbons (Fsp3) is 0.533. The van der Waals surface area contributed by atoms with E-state index < -0.39 is 0 Å². The van der Waals surface area contributed by atoms with Crippen LogP contribution < -0.4 is 5.32 Å². The smallest absolute Gasteiger partial charge is 0.193 e. The molecule has 2 aliphatic rings. The number of benzene rings is 1. The molecule has 0 saturated heterocycles. The number of halogens is 3. The third kappa shape index (κ3) is 3.42. The van der Waals surface area contributed by atoms with Gasteiger partial charge < -0.3 is 10.2 Å². The lowest BCUT2D eigenvalue weighted by atomic mass is 9.64. The lowest BCUT2D eigenvalue weighted by Gasteiger charge is -2.43. The van der Waals surface area contributed by atoms with Crippen LogP contribution in [0.5, 0.6) is 0 Å². The van der Waals surface area contributed by atoms with E-state index in [-0.39, 0.29) is 29.4 Å². The normalized spacial score (nSPS) is 19.6. The first-order valence-corrected chi connectivity index (χ1v) is 7.81. The van der Waals surface area contributed by atoms with E-state index in [1.165, 1.54) is 24.8 Å². The fourth-order valence-corrected chi connectivity index (χ4v) is 3.65. The number of rotatable bonds is 3. The summed E-state index contributed by atoms with van der Waals surface area (Å²) in [7, 11) is 2.07. The highest BCUT2D eigenvalue weighted by molar-refractivity contribution is 14.0. The van der Waals surface area contributed by atoms with Crippen molar-refractivity contribution in [3.05, 3.63) is 33.8 Å². The van der Waals surface area contributed by atoms with E-state index in [4.69, 9.17) is 23.2 Å². The minimum absolute atomic E-state index is 0. The van der Waals surface area contributed by atoms with E-state index >= 15 is 0 Å². The average molecular weight is 440 g/mol. The maximum atomic E-state index is 6.40. The van der Waals surface area contributed by atoms with Crippen molar-refractivity contribution in [2.75, 3.05) is 26.7 Å². The third-order valence-electron chi connectivity index (χ3n) is 4.46. The lowest BCUT2D eigenvalue weighted by molar-refractivity contribution is 0.242. The number of nitrogens with zero attached hydrogens (tertiary/aromatic N) is 2.